The second-order valence-corrected chi connectivity index (χ2v) is 7.09. The van der Waals surface area contributed by atoms with Gasteiger partial charge in [-0.1, -0.05) is 6.92 Å². The second kappa shape index (κ2) is 8.32. The topological polar surface area (TPSA) is 35.9 Å². The van der Waals surface area contributed by atoms with Crippen LogP contribution in [0.1, 0.15) is 47.0 Å². The van der Waals surface area contributed by atoms with Gasteiger partial charge in [0.15, 0.2) is 0 Å². The minimum Gasteiger partial charge on any atom is -0.389 e. The summed E-state index contributed by atoms with van der Waals surface area (Å²) in [5.41, 5.74) is -0.176. The molecule has 0 radical (unpaired) electrons. The summed E-state index contributed by atoms with van der Waals surface area (Å²) in [6, 6.07) is 0.604. The van der Waals surface area contributed by atoms with E-state index in [4.69, 9.17) is 4.74 Å². The van der Waals surface area contributed by atoms with Crippen molar-refractivity contribution in [2.45, 2.75) is 64.7 Å². The van der Waals surface area contributed by atoms with E-state index in [2.05, 4.69) is 23.8 Å². The molecule has 0 aromatic carbocycles. The van der Waals surface area contributed by atoms with E-state index < -0.39 is 6.10 Å². The SMILES string of the molecule is CCCN1CCC(N(C)CC(O)COC(C)(C)C)CC1. The number of piperidine rings is 1. The number of ether oxygens (including phenoxy) is 1. The summed E-state index contributed by atoms with van der Waals surface area (Å²) in [5, 5.41) is 10.1. The standard InChI is InChI=1S/C16H34N2O2/c1-6-9-18-10-7-14(8-11-18)17(5)12-15(19)13-20-16(2,3)4/h14-15,19H,6-13H2,1-5H3. The van der Waals surface area contributed by atoms with Gasteiger partial charge < -0.3 is 19.6 Å². The average Bonchev–Trinajstić information content (AvgIpc) is 2.37. The molecule has 1 N–H and O–H groups in total. The van der Waals surface area contributed by atoms with Crippen LogP contribution >= 0.6 is 0 Å². The molecule has 4 heteroatoms. The molecular weight excluding hydrogens is 252 g/mol. The Hall–Kier alpha value is -0.160. The predicted octanol–water partition coefficient (Wildman–Crippen LogP) is 1.97. The molecule has 1 heterocycles. The lowest BCUT2D eigenvalue weighted by molar-refractivity contribution is -0.0584. The third-order valence-electron chi connectivity index (χ3n) is 3.93. The third-order valence-corrected chi connectivity index (χ3v) is 3.93. The van der Waals surface area contributed by atoms with Gasteiger partial charge >= 0.3 is 0 Å². The Morgan fingerprint density at radius 3 is 2.40 bits per heavy atom. The highest BCUT2D eigenvalue weighted by Crippen LogP contribution is 2.16. The number of likely N-dealkylation sites (N-methyl/N-ethyl adjacent to an activating group) is 1. The molecule has 0 saturated carbocycles. The molecule has 0 amide bonds. The minimum absolute atomic E-state index is 0.176. The number of nitrogens with zero attached hydrogens (tertiary/aromatic N) is 2. The van der Waals surface area contributed by atoms with Crippen LogP contribution < -0.4 is 0 Å². The van der Waals surface area contributed by atoms with E-state index in [1.165, 1.54) is 38.9 Å². The fraction of sp³-hybridized carbons (Fsp3) is 1.00. The van der Waals surface area contributed by atoms with Gasteiger partial charge in [0.05, 0.1) is 18.3 Å². The Bertz CT molecular complexity index is 258. The van der Waals surface area contributed by atoms with Gasteiger partial charge in [-0.05, 0) is 66.7 Å². The van der Waals surface area contributed by atoms with Crippen molar-refractivity contribution in [3.05, 3.63) is 0 Å². The zero-order valence-corrected chi connectivity index (χ0v) is 14.1. The smallest absolute Gasteiger partial charge is 0.0900 e. The van der Waals surface area contributed by atoms with Crippen molar-refractivity contribution in [3.63, 3.8) is 0 Å². The quantitative estimate of drug-likeness (QED) is 0.776. The van der Waals surface area contributed by atoms with E-state index in [9.17, 15) is 5.11 Å². The van der Waals surface area contributed by atoms with Crippen molar-refractivity contribution in [1.29, 1.82) is 0 Å². The Morgan fingerprint density at radius 1 is 1.30 bits per heavy atom. The lowest BCUT2D eigenvalue weighted by Crippen LogP contribution is -2.46. The van der Waals surface area contributed by atoms with E-state index in [1.54, 1.807) is 0 Å². The lowest BCUT2D eigenvalue weighted by atomic mass is 10.0. The molecule has 1 fully saturated rings. The van der Waals surface area contributed by atoms with Crippen LogP contribution in [0.3, 0.4) is 0 Å². The molecule has 0 aliphatic carbocycles. The molecular formula is C16H34N2O2. The summed E-state index contributed by atoms with van der Waals surface area (Å²) in [7, 11) is 2.13. The first-order chi connectivity index (χ1) is 9.31. The Morgan fingerprint density at radius 2 is 1.90 bits per heavy atom. The molecule has 4 nitrogen and oxygen atoms in total. The number of likely N-dealkylation sites (tertiary alicyclic amines) is 1. The van der Waals surface area contributed by atoms with Crippen LogP contribution in [0, 0.1) is 0 Å². The van der Waals surface area contributed by atoms with Crippen molar-refractivity contribution in [1.82, 2.24) is 9.80 Å². The number of hydrogen-bond acceptors (Lipinski definition) is 4. The zero-order valence-electron chi connectivity index (χ0n) is 14.1. The van der Waals surface area contributed by atoms with E-state index >= 15 is 0 Å². The number of aliphatic hydroxyl groups excluding tert-OH is 1. The van der Waals surface area contributed by atoms with E-state index in [-0.39, 0.29) is 5.60 Å². The number of hydrogen-bond donors (Lipinski definition) is 1. The van der Waals surface area contributed by atoms with E-state index in [0.29, 0.717) is 19.2 Å². The van der Waals surface area contributed by atoms with Gasteiger partial charge in [-0.15, -0.1) is 0 Å². The third kappa shape index (κ3) is 7.02. The molecule has 1 saturated heterocycles. The maximum Gasteiger partial charge on any atom is 0.0900 e. The Kier molecular flexibility index (Phi) is 7.45. The van der Waals surface area contributed by atoms with Gasteiger partial charge in [-0.2, -0.15) is 0 Å². The van der Waals surface area contributed by atoms with Crippen molar-refractivity contribution in [2.75, 3.05) is 39.8 Å². The molecule has 1 rings (SSSR count). The molecule has 1 aliphatic rings. The van der Waals surface area contributed by atoms with Gasteiger partial charge in [-0.3, -0.25) is 0 Å². The van der Waals surface area contributed by atoms with Crippen LogP contribution in [0.4, 0.5) is 0 Å². The Labute approximate surface area is 125 Å². The largest absolute Gasteiger partial charge is 0.389 e. The van der Waals surface area contributed by atoms with Crippen molar-refractivity contribution in [2.24, 2.45) is 0 Å². The fourth-order valence-corrected chi connectivity index (χ4v) is 2.78. The highest BCUT2D eigenvalue weighted by Gasteiger charge is 2.23. The molecule has 0 aromatic rings. The van der Waals surface area contributed by atoms with Gasteiger partial charge in [0.2, 0.25) is 0 Å². The van der Waals surface area contributed by atoms with Crippen LogP contribution in [0.5, 0.6) is 0 Å². The van der Waals surface area contributed by atoms with E-state index in [0.717, 1.165) is 0 Å². The van der Waals surface area contributed by atoms with Crippen molar-refractivity contribution in [3.8, 4) is 0 Å². The molecule has 120 valence electrons. The normalized spacial score (nSPS) is 20.6. The van der Waals surface area contributed by atoms with Crippen molar-refractivity contribution < 1.29 is 9.84 Å². The molecule has 0 bridgehead atoms. The Balaban J connectivity index is 2.24. The molecule has 0 aromatic heterocycles. The molecule has 0 spiro atoms. The maximum atomic E-state index is 10.1. The first-order valence-electron chi connectivity index (χ1n) is 8.06. The highest BCUT2D eigenvalue weighted by atomic mass is 16.5. The molecule has 1 unspecified atom stereocenters. The van der Waals surface area contributed by atoms with Gasteiger partial charge in [0.25, 0.3) is 0 Å². The lowest BCUT2D eigenvalue weighted by Gasteiger charge is -2.37. The minimum atomic E-state index is -0.395. The summed E-state index contributed by atoms with van der Waals surface area (Å²) in [6.45, 7) is 13.0. The zero-order chi connectivity index (χ0) is 15.2. The summed E-state index contributed by atoms with van der Waals surface area (Å²) >= 11 is 0. The van der Waals surface area contributed by atoms with Crippen molar-refractivity contribution >= 4 is 0 Å². The van der Waals surface area contributed by atoms with E-state index in [1.807, 2.05) is 20.8 Å². The summed E-state index contributed by atoms with van der Waals surface area (Å²) in [4.78, 5) is 4.85. The van der Waals surface area contributed by atoms with Crippen LogP contribution in [0.15, 0.2) is 0 Å². The summed E-state index contributed by atoms with van der Waals surface area (Å²) in [5.74, 6) is 0. The summed E-state index contributed by atoms with van der Waals surface area (Å²) in [6.07, 6.45) is 3.27. The first kappa shape index (κ1) is 17.9. The highest BCUT2D eigenvalue weighted by molar-refractivity contribution is 4.79. The second-order valence-electron chi connectivity index (χ2n) is 7.09. The monoisotopic (exact) mass is 286 g/mol. The van der Waals surface area contributed by atoms with Crippen LogP contribution in [-0.2, 0) is 4.74 Å². The number of aliphatic hydroxyl groups is 1. The van der Waals surface area contributed by atoms with Gasteiger partial charge in [-0.25, -0.2) is 0 Å². The van der Waals surface area contributed by atoms with Crippen LogP contribution in [0.2, 0.25) is 0 Å². The van der Waals surface area contributed by atoms with Gasteiger partial charge in [0.1, 0.15) is 0 Å². The molecule has 20 heavy (non-hydrogen) atoms. The average molecular weight is 286 g/mol. The van der Waals surface area contributed by atoms with Gasteiger partial charge in [0, 0.05) is 12.6 Å². The fourth-order valence-electron chi connectivity index (χ4n) is 2.78. The summed E-state index contributed by atoms with van der Waals surface area (Å²) < 4.78 is 5.64. The molecule has 1 atom stereocenters. The first-order valence-corrected chi connectivity index (χ1v) is 8.06. The predicted molar refractivity (Wildman–Crippen MR) is 84.1 cm³/mol. The van der Waals surface area contributed by atoms with Crippen LogP contribution in [-0.4, -0.2) is 72.5 Å². The maximum absolute atomic E-state index is 10.1. The molecule has 1 aliphatic heterocycles. The number of rotatable bonds is 7. The van der Waals surface area contributed by atoms with Crippen LogP contribution in [0.25, 0.3) is 0 Å².